The van der Waals surface area contributed by atoms with Crippen molar-refractivity contribution in [2.24, 2.45) is 0 Å². The molecule has 0 saturated carbocycles. The topological polar surface area (TPSA) is 68.3 Å². The molecule has 0 spiro atoms. The quantitative estimate of drug-likeness (QED) is 0.392. The van der Waals surface area contributed by atoms with Gasteiger partial charge in [0.25, 0.3) is 0 Å². The van der Waals surface area contributed by atoms with Gasteiger partial charge < -0.3 is 0 Å². The summed E-state index contributed by atoms with van der Waals surface area (Å²) in [5.41, 5.74) is 2.58. The minimum atomic E-state index is -3.98. The predicted molar refractivity (Wildman–Crippen MR) is 119 cm³/mol. The van der Waals surface area contributed by atoms with Crippen molar-refractivity contribution >= 4 is 51.0 Å². The summed E-state index contributed by atoms with van der Waals surface area (Å²) in [6.07, 6.45) is 0. The largest absolute Gasteiger partial charge is 0.218 e. The van der Waals surface area contributed by atoms with E-state index in [9.17, 15) is 16.8 Å². The standard InChI is InChI=1S/C24H16O4S2/c1-13-3-7-17-15(11-13)5-9-19-21(17)29(25,26)24-20-10-6-16-12-14(2)4-8-18(16)22(20)30(27,28)23(19)24/h3-12H,1-2H3. The molecule has 0 N–H and O–H groups in total. The molecular formula is C24H16O4S2. The van der Waals surface area contributed by atoms with Gasteiger partial charge in [0, 0.05) is 21.9 Å². The number of aryl methyl sites for hydroxylation is 2. The second-order valence-electron chi connectivity index (χ2n) is 8.00. The highest BCUT2D eigenvalue weighted by molar-refractivity contribution is 8.08. The van der Waals surface area contributed by atoms with E-state index in [0.29, 0.717) is 10.8 Å². The van der Waals surface area contributed by atoms with Crippen molar-refractivity contribution in [1.82, 2.24) is 0 Å². The Kier molecular flexibility index (Phi) is 3.21. The van der Waals surface area contributed by atoms with E-state index in [1.807, 2.05) is 38.1 Å². The van der Waals surface area contributed by atoms with Gasteiger partial charge in [-0.3, -0.25) is 0 Å². The molecule has 4 aromatic carbocycles. The third-order valence-corrected chi connectivity index (χ3v) is 10.0. The Morgan fingerprint density at radius 3 is 1.33 bits per heavy atom. The van der Waals surface area contributed by atoms with Gasteiger partial charge in [-0.2, -0.15) is 0 Å². The number of sulfone groups is 2. The first-order valence-corrected chi connectivity index (χ1v) is 12.5. The molecule has 0 aliphatic carbocycles. The number of benzene rings is 4. The maximum absolute atomic E-state index is 13.7. The van der Waals surface area contributed by atoms with E-state index in [1.54, 1.807) is 36.4 Å². The lowest BCUT2D eigenvalue weighted by atomic mass is 10.0. The maximum Gasteiger partial charge on any atom is 0.209 e. The van der Waals surface area contributed by atoms with Crippen LogP contribution in [0, 0.1) is 13.8 Å². The van der Waals surface area contributed by atoms with Crippen molar-refractivity contribution < 1.29 is 16.8 Å². The molecule has 2 aliphatic rings. The van der Waals surface area contributed by atoms with Crippen LogP contribution in [-0.2, 0) is 19.7 Å². The predicted octanol–water partition coefficient (Wildman–Crippen LogP) is 5.01. The molecule has 0 fully saturated rings. The van der Waals surface area contributed by atoms with Crippen LogP contribution in [-0.4, -0.2) is 16.8 Å². The normalized spacial score (nSPS) is 17.9. The highest BCUT2D eigenvalue weighted by Crippen LogP contribution is 2.57. The van der Waals surface area contributed by atoms with Crippen molar-refractivity contribution in [3.05, 3.63) is 82.9 Å². The van der Waals surface area contributed by atoms with Gasteiger partial charge in [-0.05, 0) is 24.6 Å². The fraction of sp³-hybridized carbons (Fsp3) is 0.0833. The number of hydrogen-bond donors (Lipinski definition) is 0. The van der Waals surface area contributed by atoms with Crippen LogP contribution in [0.3, 0.4) is 0 Å². The van der Waals surface area contributed by atoms with Crippen LogP contribution in [0.15, 0.2) is 70.5 Å². The summed E-state index contributed by atoms with van der Waals surface area (Å²) >= 11 is 0. The molecule has 30 heavy (non-hydrogen) atoms. The van der Waals surface area contributed by atoms with Crippen molar-refractivity contribution in [2.75, 3.05) is 0 Å². The van der Waals surface area contributed by atoms with E-state index in [2.05, 4.69) is 0 Å². The second-order valence-corrected chi connectivity index (χ2v) is 11.6. The fourth-order valence-corrected chi connectivity index (χ4v) is 9.45. The van der Waals surface area contributed by atoms with E-state index in [0.717, 1.165) is 21.9 Å². The maximum atomic E-state index is 13.7. The molecule has 0 amide bonds. The van der Waals surface area contributed by atoms with Crippen LogP contribution < -0.4 is 0 Å². The zero-order valence-electron chi connectivity index (χ0n) is 16.2. The molecule has 4 nitrogen and oxygen atoms in total. The van der Waals surface area contributed by atoms with E-state index < -0.39 is 19.7 Å². The molecular weight excluding hydrogens is 416 g/mol. The summed E-state index contributed by atoms with van der Waals surface area (Å²) in [6, 6.07) is 17.9. The van der Waals surface area contributed by atoms with Crippen LogP contribution in [0.1, 0.15) is 22.3 Å². The molecule has 4 aromatic rings. The molecule has 0 radical (unpaired) electrons. The van der Waals surface area contributed by atoms with Gasteiger partial charge in [0.1, 0.15) is 0 Å². The molecule has 0 atom stereocenters. The summed E-state index contributed by atoms with van der Waals surface area (Å²) in [4.78, 5) is 0.0394. The van der Waals surface area contributed by atoms with Gasteiger partial charge >= 0.3 is 0 Å². The Morgan fingerprint density at radius 2 is 0.933 bits per heavy atom. The third kappa shape index (κ3) is 2.00. The van der Waals surface area contributed by atoms with Gasteiger partial charge in [0.2, 0.25) is 19.7 Å². The van der Waals surface area contributed by atoms with Gasteiger partial charge in [-0.1, -0.05) is 71.8 Å². The Labute approximate surface area is 174 Å². The van der Waals surface area contributed by atoms with Crippen LogP contribution in [0.5, 0.6) is 0 Å². The molecule has 6 heteroatoms. The first-order chi connectivity index (χ1) is 14.2. The van der Waals surface area contributed by atoms with Crippen molar-refractivity contribution in [1.29, 1.82) is 0 Å². The molecule has 0 saturated heterocycles. The van der Waals surface area contributed by atoms with Gasteiger partial charge in [-0.25, -0.2) is 16.8 Å². The van der Waals surface area contributed by atoms with Crippen molar-refractivity contribution in [2.45, 2.75) is 23.6 Å². The molecule has 0 bridgehead atoms. The minimum Gasteiger partial charge on any atom is -0.218 e. The van der Waals surface area contributed by atoms with Gasteiger partial charge in [0.05, 0.1) is 19.6 Å². The SMILES string of the molecule is Cc1ccc2c3c(ccc2c1)C1=C(c2ccc4cc(C)ccc4c2S1(=O)=O)S3(=O)=O. The lowest BCUT2D eigenvalue weighted by Crippen LogP contribution is -2.05. The van der Waals surface area contributed by atoms with Crippen LogP contribution in [0.25, 0.3) is 31.4 Å². The highest BCUT2D eigenvalue weighted by Gasteiger charge is 2.50. The number of rotatable bonds is 0. The second kappa shape index (κ2) is 5.39. The van der Waals surface area contributed by atoms with E-state index in [4.69, 9.17) is 0 Å². The van der Waals surface area contributed by atoms with E-state index in [-0.39, 0.29) is 30.7 Å². The third-order valence-electron chi connectivity index (χ3n) is 6.02. The summed E-state index contributed by atoms with van der Waals surface area (Å²) in [7, 11) is -7.97. The average Bonchev–Trinajstić information content (AvgIpc) is 3.09. The summed E-state index contributed by atoms with van der Waals surface area (Å²) < 4.78 is 54.7. The smallest absolute Gasteiger partial charge is 0.209 e. The molecule has 6 rings (SSSR count). The average molecular weight is 433 g/mol. The Hall–Kier alpha value is -2.96. The summed E-state index contributed by atoms with van der Waals surface area (Å²) in [5, 5.41) is 2.68. The monoisotopic (exact) mass is 432 g/mol. The molecule has 2 aliphatic heterocycles. The van der Waals surface area contributed by atoms with Crippen LogP contribution in [0.4, 0.5) is 0 Å². The molecule has 2 heterocycles. The summed E-state index contributed by atoms with van der Waals surface area (Å²) in [5.74, 6) is 0. The lowest BCUT2D eigenvalue weighted by molar-refractivity contribution is 0.607. The molecule has 148 valence electrons. The van der Waals surface area contributed by atoms with Crippen LogP contribution >= 0.6 is 0 Å². The van der Waals surface area contributed by atoms with E-state index >= 15 is 0 Å². The van der Waals surface area contributed by atoms with E-state index in [1.165, 1.54) is 0 Å². The molecule has 0 aromatic heterocycles. The Balaban J connectivity index is 1.76. The summed E-state index contributed by atoms with van der Waals surface area (Å²) in [6.45, 7) is 3.87. The first kappa shape index (κ1) is 17.9. The minimum absolute atomic E-state index is 0.0805. The zero-order valence-corrected chi connectivity index (χ0v) is 17.9. The van der Waals surface area contributed by atoms with Gasteiger partial charge in [0.15, 0.2) is 0 Å². The molecule has 0 unspecified atom stereocenters. The Bertz CT molecular complexity index is 1600. The Morgan fingerprint density at radius 1 is 0.533 bits per heavy atom. The number of hydrogen-bond acceptors (Lipinski definition) is 4. The highest BCUT2D eigenvalue weighted by atomic mass is 32.2. The van der Waals surface area contributed by atoms with Crippen molar-refractivity contribution in [3.8, 4) is 0 Å². The van der Waals surface area contributed by atoms with Gasteiger partial charge in [-0.15, -0.1) is 0 Å². The van der Waals surface area contributed by atoms with Crippen LogP contribution in [0.2, 0.25) is 0 Å². The first-order valence-electron chi connectivity index (χ1n) is 9.53. The zero-order chi connectivity index (χ0) is 21.0. The lowest BCUT2D eigenvalue weighted by Gasteiger charge is -2.13. The van der Waals surface area contributed by atoms with Crippen molar-refractivity contribution in [3.63, 3.8) is 0 Å². The fourth-order valence-electron chi connectivity index (χ4n) is 4.76. The number of fused-ring (bicyclic) bond motifs is 8.